The number of nitrogens with zero attached hydrogens (tertiary/aromatic N) is 2. The summed E-state index contributed by atoms with van der Waals surface area (Å²) >= 11 is 4.81. The first-order valence-electron chi connectivity index (χ1n) is 4.95. The fourth-order valence-electron chi connectivity index (χ4n) is 1.43. The van der Waals surface area contributed by atoms with E-state index >= 15 is 0 Å². The molecule has 0 atom stereocenters. The number of carbonyl (C=O) groups excluding carboxylic acids is 1. The van der Waals surface area contributed by atoms with E-state index in [0.29, 0.717) is 5.56 Å². The number of nitro groups is 1. The molecule has 0 aliphatic carbocycles. The highest BCUT2D eigenvalue weighted by Gasteiger charge is 2.30. The lowest BCUT2D eigenvalue weighted by molar-refractivity contribution is -0.384. The molecule has 1 aliphatic heterocycles. The number of nitro benzene ring substituents is 1. The van der Waals surface area contributed by atoms with Crippen molar-refractivity contribution in [3.63, 3.8) is 0 Å². The van der Waals surface area contributed by atoms with Crippen LogP contribution < -0.4 is 0 Å². The lowest BCUT2D eigenvalue weighted by Crippen LogP contribution is -2.22. The maximum atomic E-state index is 11.7. The number of hydrogen-bond acceptors (Lipinski definition) is 5. The number of ether oxygens (including phenoxy) is 1. The number of hydrogen-bond donors (Lipinski definition) is 0. The van der Waals surface area contributed by atoms with Gasteiger partial charge >= 0.3 is 0 Å². The van der Waals surface area contributed by atoms with Gasteiger partial charge < -0.3 is 4.74 Å². The molecule has 0 bridgehead atoms. The number of thiocarbonyl (C=S) groups is 1. The summed E-state index contributed by atoms with van der Waals surface area (Å²) in [5.41, 5.74) is 0.455. The van der Waals surface area contributed by atoms with Crippen LogP contribution in [0, 0.1) is 10.1 Å². The Hall–Kier alpha value is -2.28. The zero-order valence-corrected chi connectivity index (χ0v) is 10.1. The van der Waals surface area contributed by atoms with Crippen molar-refractivity contribution >= 4 is 35.1 Å². The summed E-state index contributed by atoms with van der Waals surface area (Å²) in [6.07, 6.45) is 1.42. The molecule has 2 rings (SSSR count). The molecule has 92 valence electrons. The summed E-state index contributed by atoms with van der Waals surface area (Å²) in [5, 5.41) is 10.7. The SMILES string of the molecule is CN1C(=O)/C(=C/c2cccc([N+](=O)[O-])c2)OC1=S. The Morgan fingerprint density at radius 3 is 2.78 bits per heavy atom. The zero-order valence-electron chi connectivity index (χ0n) is 9.32. The van der Waals surface area contributed by atoms with Gasteiger partial charge in [0.05, 0.1) is 4.92 Å². The molecule has 0 spiro atoms. The molecule has 1 aromatic carbocycles. The summed E-state index contributed by atoms with van der Waals surface area (Å²) in [6.45, 7) is 0. The Morgan fingerprint density at radius 1 is 1.50 bits per heavy atom. The van der Waals surface area contributed by atoms with E-state index in [1.54, 1.807) is 6.07 Å². The van der Waals surface area contributed by atoms with Crippen molar-refractivity contribution in [1.29, 1.82) is 0 Å². The first-order valence-corrected chi connectivity index (χ1v) is 5.36. The molecule has 1 aliphatic rings. The Bertz CT molecular complexity index is 582. The van der Waals surface area contributed by atoms with E-state index in [1.807, 2.05) is 0 Å². The van der Waals surface area contributed by atoms with Crippen molar-refractivity contribution in [1.82, 2.24) is 4.90 Å². The minimum absolute atomic E-state index is 0.0503. The van der Waals surface area contributed by atoms with Gasteiger partial charge in [-0.3, -0.25) is 19.8 Å². The highest BCUT2D eigenvalue weighted by atomic mass is 32.1. The lowest BCUT2D eigenvalue weighted by atomic mass is 10.2. The molecule has 0 saturated carbocycles. The van der Waals surface area contributed by atoms with Gasteiger partial charge in [0, 0.05) is 19.2 Å². The molecule has 0 N–H and O–H groups in total. The van der Waals surface area contributed by atoms with Crippen molar-refractivity contribution in [3.8, 4) is 0 Å². The van der Waals surface area contributed by atoms with E-state index in [0.717, 1.165) is 0 Å². The smallest absolute Gasteiger partial charge is 0.296 e. The molecule has 7 heteroatoms. The fourth-order valence-corrected chi connectivity index (χ4v) is 1.60. The van der Waals surface area contributed by atoms with Crippen LogP contribution >= 0.6 is 12.2 Å². The standard InChI is InChI=1S/C11H8N2O4S/c1-12-10(14)9(17-11(12)18)6-7-3-2-4-8(5-7)13(15)16/h2-6H,1H3/b9-6-. The largest absolute Gasteiger partial charge is 0.426 e. The average molecular weight is 264 g/mol. The number of rotatable bonds is 2. The average Bonchev–Trinajstić information content (AvgIpc) is 2.57. The quantitative estimate of drug-likeness (QED) is 0.352. The molecule has 1 fully saturated rings. The molecule has 1 heterocycles. The molecular weight excluding hydrogens is 256 g/mol. The molecule has 0 unspecified atom stereocenters. The third-order valence-electron chi connectivity index (χ3n) is 2.37. The number of non-ortho nitro benzene ring substituents is 1. The van der Waals surface area contributed by atoms with Crippen LogP contribution in [0.2, 0.25) is 0 Å². The van der Waals surface area contributed by atoms with Crippen LogP contribution in [-0.4, -0.2) is 28.0 Å². The maximum Gasteiger partial charge on any atom is 0.296 e. The van der Waals surface area contributed by atoms with E-state index in [4.69, 9.17) is 17.0 Å². The molecule has 1 aromatic rings. The predicted octanol–water partition coefficient (Wildman–Crippen LogP) is 1.71. The fraction of sp³-hybridized carbons (Fsp3) is 0.0909. The lowest BCUT2D eigenvalue weighted by Gasteiger charge is -2.00. The topological polar surface area (TPSA) is 72.7 Å². The minimum Gasteiger partial charge on any atom is -0.426 e. The zero-order chi connectivity index (χ0) is 13.3. The molecule has 18 heavy (non-hydrogen) atoms. The van der Waals surface area contributed by atoms with Gasteiger partial charge in [0.25, 0.3) is 16.8 Å². The van der Waals surface area contributed by atoms with Crippen LogP contribution in [0.4, 0.5) is 5.69 Å². The van der Waals surface area contributed by atoms with Gasteiger partial charge in [0.2, 0.25) is 0 Å². The second kappa shape index (κ2) is 4.53. The van der Waals surface area contributed by atoms with Crippen LogP contribution in [-0.2, 0) is 9.53 Å². The second-order valence-electron chi connectivity index (χ2n) is 3.59. The van der Waals surface area contributed by atoms with Crippen LogP contribution in [0.1, 0.15) is 5.56 Å². The van der Waals surface area contributed by atoms with E-state index < -0.39 is 4.92 Å². The molecule has 1 amide bonds. The van der Waals surface area contributed by atoms with Crippen LogP contribution in [0.3, 0.4) is 0 Å². The monoisotopic (exact) mass is 264 g/mol. The summed E-state index contributed by atoms with van der Waals surface area (Å²) < 4.78 is 5.09. The van der Waals surface area contributed by atoms with Crippen molar-refractivity contribution in [3.05, 3.63) is 45.7 Å². The first kappa shape index (κ1) is 12.2. The van der Waals surface area contributed by atoms with Crippen molar-refractivity contribution in [2.24, 2.45) is 0 Å². The van der Waals surface area contributed by atoms with Crippen molar-refractivity contribution in [2.75, 3.05) is 7.05 Å². The summed E-state index contributed by atoms with van der Waals surface area (Å²) in [6, 6.07) is 5.89. The van der Waals surface area contributed by atoms with Gasteiger partial charge in [-0.2, -0.15) is 0 Å². The molecule has 0 radical (unpaired) electrons. The maximum absolute atomic E-state index is 11.7. The Kier molecular flexibility index (Phi) is 3.07. The number of amides is 1. The van der Waals surface area contributed by atoms with E-state index in [-0.39, 0.29) is 22.5 Å². The van der Waals surface area contributed by atoms with Crippen molar-refractivity contribution < 1.29 is 14.5 Å². The van der Waals surface area contributed by atoms with Gasteiger partial charge in [0.1, 0.15) is 0 Å². The predicted molar refractivity (Wildman–Crippen MR) is 67.5 cm³/mol. The second-order valence-corrected chi connectivity index (χ2v) is 3.94. The summed E-state index contributed by atoms with van der Waals surface area (Å²) in [4.78, 5) is 23.0. The molecule has 6 nitrogen and oxygen atoms in total. The van der Waals surface area contributed by atoms with E-state index in [1.165, 1.54) is 36.2 Å². The first-order chi connectivity index (χ1) is 8.49. The van der Waals surface area contributed by atoms with E-state index in [2.05, 4.69) is 0 Å². The minimum atomic E-state index is -0.504. The van der Waals surface area contributed by atoms with Gasteiger partial charge in [-0.05, 0) is 23.9 Å². The Balaban J connectivity index is 2.34. The Morgan fingerprint density at radius 2 is 2.22 bits per heavy atom. The van der Waals surface area contributed by atoms with Gasteiger partial charge in [-0.15, -0.1) is 0 Å². The normalized spacial score (nSPS) is 17.2. The summed E-state index contributed by atoms with van der Waals surface area (Å²) in [7, 11) is 1.50. The van der Waals surface area contributed by atoms with Gasteiger partial charge in [0.15, 0.2) is 5.76 Å². The number of benzene rings is 1. The molecular formula is C11H8N2O4S. The van der Waals surface area contributed by atoms with Crippen LogP contribution in [0.15, 0.2) is 30.0 Å². The van der Waals surface area contributed by atoms with Gasteiger partial charge in [-0.1, -0.05) is 12.1 Å². The van der Waals surface area contributed by atoms with Crippen LogP contribution in [0.25, 0.3) is 6.08 Å². The van der Waals surface area contributed by atoms with Gasteiger partial charge in [-0.25, -0.2) is 0 Å². The van der Waals surface area contributed by atoms with Crippen molar-refractivity contribution in [2.45, 2.75) is 0 Å². The Labute approximate surface area is 108 Å². The number of carbonyl (C=O) groups is 1. The number of likely N-dealkylation sites (N-methyl/N-ethyl adjacent to an activating group) is 1. The van der Waals surface area contributed by atoms with Crippen LogP contribution in [0.5, 0.6) is 0 Å². The highest BCUT2D eigenvalue weighted by Crippen LogP contribution is 2.20. The molecule has 1 saturated heterocycles. The van der Waals surface area contributed by atoms with E-state index in [9.17, 15) is 14.9 Å². The highest BCUT2D eigenvalue weighted by molar-refractivity contribution is 7.80. The molecule has 0 aromatic heterocycles. The summed E-state index contributed by atoms with van der Waals surface area (Å²) in [5.74, 6) is -0.311. The third kappa shape index (κ3) is 2.21. The third-order valence-corrected chi connectivity index (χ3v) is 2.72.